The average molecular weight is 257 g/mol. The third kappa shape index (κ3) is 3.44. The molecule has 1 N–H and O–H groups in total. The van der Waals surface area contributed by atoms with Crippen LogP contribution < -0.4 is 5.32 Å². The molecule has 19 heavy (non-hydrogen) atoms. The van der Waals surface area contributed by atoms with Crippen molar-refractivity contribution in [1.82, 2.24) is 9.78 Å². The van der Waals surface area contributed by atoms with Gasteiger partial charge in [0.25, 0.3) is 0 Å². The van der Waals surface area contributed by atoms with E-state index in [1.807, 2.05) is 55.8 Å². The number of aryl methyl sites for hydroxylation is 4. The van der Waals surface area contributed by atoms with Crippen LogP contribution in [0.4, 0.5) is 5.69 Å². The van der Waals surface area contributed by atoms with Gasteiger partial charge >= 0.3 is 0 Å². The van der Waals surface area contributed by atoms with Crippen LogP contribution in [0.1, 0.15) is 23.4 Å². The molecule has 0 atom stereocenters. The predicted octanol–water partition coefficient (Wildman–Crippen LogP) is 2.84. The van der Waals surface area contributed by atoms with Crippen LogP contribution in [-0.4, -0.2) is 15.7 Å². The number of amides is 1. The zero-order valence-corrected chi connectivity index (χ0v) is 11.6. The van der Waals surface area contributed by atoms with Crippen LogP contribution in [0.2, 0.25) is 0 Å². The van der Waals surface area contributed by atoms with Gasteiger partial charge in [-0.1, -0.05) is 18.2 Å². The number of anilines is 1. The van der Waals surface area contributed by atoms with E-state index in [0.717, 1.165) is 22.6 Å². The molecule has 0 bridgehead atoms. The Morgan fingerprint density at radius 1 is 1.26 bits per heavy atom. The molecule has 1 aromatic carbocycles. The summed E-state index contributed by atoms with van der Waals surface area (Å²) in [4.78, 5) is 11.9. The molecule has 100 valence electrons. The number of para-hydroxylation sites is 1. The first-order chi connectivity index (χ1) is 9.06. The Kier molecular flexibility index (Phi) is 4.00. The Morgan fingerprint density at radius 2 is 2.00 bits per heavy atom. The number of hydrogen-bond donors (Lipinski definition) is 1. The minimum absolute atomic E-state index is 0.0156. The van der Waals surface area contributed by atoms with Crippen molar-refractivity contribution in [1.29, 1.82) is 0 Å². The van der Waals surface area contributed by atoms with Crippen LogP contribution in [0.25, 0.3) is 0 Å². The zero-order chi connectivity index (χ0) is 13.8. The Bertz CT molecular complexity index is 587. The number of benzene rings is 1. The Labute approximate surface area is 113 Å². The van der Waals surface area contributed by atoms with Crippen molar-refractivity contribution in [3.63, 3.8) is 0 Å². The van der Waals surface area contributed by atoms with Crippen LogP contribution in [-0.2, 0) is 11.3 Å². The first-order valence-electron chi connectivity index (χ1n) is 6.43. The van der Waals surface area contributed by atoms with Gasteiger partial charge in [-0.05, 0) is 38.5 Å². The normalized spacial score (nSPS) is 10.5. The van der Waals surface area contributed by atoms with Crippen LogP contribution >= 0.6 is 0 Å². The molecular weight excluding hydrogens is 238 g/mol. The van der Waals surface area contributed by atoms with Crippen molar-refractivity contribution in [3.05, 3.63) is 47.3 Å². The Hall–Kier alpha value is -2.10. The van der Waals surface area contributed by atoms with Crippen LogP contribution in [0.5, 0.6) is 0 Å². The molecule has 0 fully saturated rings. The fourth-order valence-corrected chi connectivity index (χ4v) is 2.03. The van der Waals surface area contributed by atoms with Crippen molar-refractivity contribution in [2.45, 2.75) is 33.7 Å². The van der Waals surface area contributed by atoms with E-state index in [1.54, 1.807) is 0 Å². The fourth-order valence-electron chi connectivity index (χ4n) is 2.03. The summed E-state index contributed by atoms with van der Waals surface area (Å²) in [7, 11) is 0. The fraction of sp³-hybridized carbons (Fsp3) is 0.333. The summed E-state index contributed by atoms with van der Waals surface area (Å²) in [6.07, 6.45) is 0.427. The second-order valence-electron chi connectivity index (χ2n) is 4.76. The maximum absolute atomic E-state index is 11.9. The van der Waals surface area contributed by atoms with E-state index in [4.69, 9.17) is 0 Å². The van der Waals surface area contributed by atoms with Crippen molar-refractivity contribution in [3.8, 4) is 0 Å². The molecule has 0 aliphatic rings. The van der Waals surface area contributed by atoms with E-state index in [1.165, 1.54) is 0 Å². The topological polar surface area (TPSA) is 46.9 Å². The monoisotopic (exact) mass is 257 g/mol. The largest absolute Gasteiger partial charge is 0.326 e. The molecule has 1 heterocycles. The summed E-state index contributed by atoms with van der Waals surface area (Å²) >= 11 is 0. The van der Waals surface area contributed by atoms with Crippen molar-refractivity contribution < 1.29 is 4.79 Å². The van der Waals surface area contributed by atoms with E-state index < -0.39 is 0 Å². The SMILES string of the molecule is Cc1cc(C)n(CCC(=O)Nc2ccccc2C)n1. The lowest BCUT2D eigenvalue weighted by Crippen LogP contribution is -2.16. The van der Waals surface area contributed by atoms with Crippen LogP contribution in [0.3, 0.4) is 0 Å². The number of nitrogens with one attached hydrogen (secondary N) is 1. The van der Waals surface area contributed by atoms with Gasteiger partial charge in [0.15, 0.2) is 0 Å². The van der Waals surface area contributed by atoms with E-state index in [0.29, 0.717) is 13.0 Å². The standard InChI is InChI=1S/C15H19N3O/c1-11-6-4-5-7-14(11)16-15(19)8-9-18-13(3)10-12(2)17-18/h4-7,10H,8-9H2,1-3H3,(H,16,19). The van der Waals surface area contributed by atoms with Gasteiger partial charge in [-0.2, -0.15) is 5.10 Å². The van der Waals surface area contributed by atoms with Crippen molar-refractivity contribution in [2.24, 2.45) is 0 Å². The molecule has 4 nitrogen and oxygen atoms in total. The third-order valence-electron chi connectivity index (χ3n) is 3.07. The average Bonchev–Trinajstić information content (AvgIpc) is 2.68. The first-order valence-corrected chi connectivity index (χ1v) is 6.43. The number of rotatable bonds is 4. The van der Waals surface area contributed by atoms with Gasteiger partial charge in [0.2, 0.25) is 5.91 Å². The molecule has 0 radical (unpaired) electrons. The quantitative estimate of drug-likeness (QED) is 0.915. The van der Waals surface area contributed by atoms with E-state index in [9.17, 15) is 4.79 Å². The molecule has 0 saturated carbocycles. The lowest BCUT2D eigenvalue weighted by molar-refractivity contribution is -0.116. The second-order valence-corrected chi connectivity index (χ2v) is 4.76. The van der Waals surface area contributed by atoms with Crippen LogP contribution in [0, 0.1) is 20.8 Å². The molecule has 2 aromatic rings. The molecule has 0 aliphatic carbocycles. The van der Waals surface area contributed by atoms with E-state index in [-0.39, 0.29) is 5.91 Å². The predicted molar refractivity (Wildman–Crippen MR) is 76.1 cm³/mol. The third-order valence-corrected chi connectivity index (χ3v) is 3.07. The molecule has 0 aliphatic heterocycles. The zero-order valence-electron chi connectivity index (χ0n) is 11.6. The molecule has 0 spiro atoms. The lowest BCUT2D eigenvalue weighted by Gasteiger charge is -2.08. The molecule has 0 unspecified atom stereocenters. The van der Waals surface area contributed by atoms with Gasteiger partial charge in [-0.3, -0.25) is 9.48 Å². The maximum Gasteiger partial charge on any atom is 0.226 e. The van der Waals surface area contributed by atoms with Gasteiger partial charge in [0.1, 0.15) is 0 Å². The first kappa shape index (κ1) is 13.3. The van der Waals surface area contributed by atoms with Gasteiger partial charge in [0, 0.05) is 24.3 Å². The highest BCUT2D eigenvalue weighted by molar-refractivity contribution is 5.91. The van der Waals surface area contributed by atoms with Crippen LogP contribution in [0.15, 0.2) is 30.3 Å². The highest BCUT2D eigenvalue weighted by Gasteiger charge is 2.06. The molecule has 0 saturated heterocycles. The molecular formula is C15H19N3O. The summed E-state index contributed by atoms with van der Waals surface area (Å²) in [5.74, 6) is 0.0156. The Balaban J connectivity index is 1.92. The smallest absolute Gasteiger partial charge is 0.226 e. The highest BCUT2D eigenvalue weighted by Crippen LogP contribution is 2.13. The number of nitrogens with zero attached hydrogens (tertiary/aromatic N) is 2. The van der Waals surface area contributed by atoms with Crippen molar-refractivity contribution in [2.75, 3.05) is 5.32 Å². The Morgan fingerprint density at radius 3 is 2.63 bits per heavy atom. The number of hydrogen-bond acceptors (Lipinski definition) is 2. The summed E-state index contributed by atoms with van der Waals surface area (Å²) in [6.45, 7) is 6.55. The summed E-state index contributed by atoms with van der Waals surface area (Å²) in [5.41, 5.74) is 4.01. The van der Waals surface area contributed by atoms with Gasteiger partial charge in [0.05, 0.1) is 5.69 Å². The molecule has 1 aromatic heterocycles. The molecule has 4 heteroatoms. The number of carbonyl (C=O) groups is 1. The van der Waals surface area contributed by atoms with E-state index >= 15 is 0 Å². The number of carbonyl (C=O) groups excluding carboxylic acids is 1. The minimum atomic E-state index is 0.0156. The van der Waals surface area contributed by atoms with Gasteiger partial charge in [-0.25, -0.2) is 0 Å². The number of aromatic nitrogens is 2. The molecule has 2 rings (SSSR count). The lowest BCUT2D eigenvalue weighted by atomic mass is 10.2. The second kappa shape index (κ2) is 5.69. The van der Waals surface area contributed by atoms with Crippen molar-refractivity contribution >= 4 is 11.6 Å². The summed E-state index contributed by atoms with van der Waals surface area (Å²) < 4.78 is 1.87. The molecule has 1 amide bonds. The van der Waals surface area contributed by atoms with Gasteiger partial charge < -0.3 is 5.32 Å². The van der Waals surface area contributed by atoms with Gasteiger partial charge in [-0.15, -0.1) is 0 Å². The maximum atomic E-state index is 11.9. The highest BCUT2D eigenvalue weighted by atomic mass is 16.1. The summed E-state index contributed by atoms with van der Waals surface area (Å²) in [5, 5.41) is 7.27. The minimum Gasteiger partial charge on any atom is -0.326 e. The summed E-state index contributed by atoms with van der Waals surface area (Å²) in [6, 6.07) is 9.79. The van der Waals surface area contributed by atoms with E-state index in [2.05, 4.69) is 10.4 Å².